The van der Waals surface area contributed by atoms with Crippen LogP contribution in [0.3, 0.4) is 0 Å². The summed E-state index contributed by atoms with van der Waals surface area (Å²) in [6.07, 6.45) is 2.48. The molecule has 5 nitrogen and oxygen atoms in total. The average molecular weight is 422 g/mol. The van der Waals surface area contributed by atoms with Crippen molar-refractivity contribution in [3.8, 4) is 22.8 Å². The molecule has 1 aliphatic rings. The van der Waals surface area contributed by atoms with Crippen molar-refractivity contribution < 1.29 is 31.8 Å². The Bertz CT molecular complexity index is 1020. The van der Waals surface area contributed by atoms with Gasteiger partial charge in [0.15, 0.2) is 29.4 Å². The molecule has 1 aromatic heterocycles. The van der Waals surface area contributed by atoms with Gasteiger partial charge in [-0.2, -0.15) is 13.9 Å². The topological polar surface area (TPSA) is 56.4 Å². The monoisotopic (exact) mass is 422 g/mol. The zero-order chi connectivity index (χ0) is 21.1. The van der Waals surface area contributed by atoms with Crippen molar-refractivity contribution in [1.82, 2.24) is 10.2 Å². The Balaban J connectivity index is 1.65. The van der Waals surface area contributed by atoms with Crippen LogP contribution in [-0.2, 0) is 11.2 Å². The molecule has 0 bridgehead atoms. The molecule has 3 aromatic rings. The molecule has 1 atom stereocenters. The fraction of sp³-hybridized carbons (Fsp3) is 0.286. The molecule has 158 valence electrons. The molecule has 0 spiro atoms. The lowest BCUT2D eigenvalue weighted by atomic mass is 10.0. The lowest BCUT2D eigenvalue weighted by Gasteiger charge is -2.17. The summed E-state index contributed by atoms with van der Waals surface area (Å²) in [5, 5.41) is 6.81. The number of alkyl halides is 2. The number of hydrogen-bond acceptors (Lipinski definition) is 4. The van der Waals surface area contributed by atoms with E-state index in [0.717, 1.165) is 12.5 Å². The van der Waals surface area contributed by atoms with Gasteiger partial charge in [0, 0.05) is 24.0 Å². The van der Waals surface area contributed by atoms with E-state index in [1.165, 1.54) is 30.5 Å². The normalized spacial score (nSPS) is 16.2. The van der Waals surface area contributed by atoms with Gasteiger partial charge in [-0.05, 0) is 36.2 Å². The Labute approximate surface area is 169 Å². The van der Waals surface area contributed by atoms with E-state index in [2.05, 4.69) is 14.9 Å². The standard InChI is InChI=1S/C21H18F4N2O3/c22-15-4-1-3-12(19(15)23)9-14-11-26-27-20(14)13-6-7-16(30-21(24)25)17(10-13)29-18-5-2-8-28-18/h1,3-4,6-7,10-11,18,21H,2,5,8-9H2,(H,26,27). The van der Waals surface area contributed by atoms with E-state index in [9.17, 15) is 17.6 Å². The number of rotatable bonds is 7. The minimum atomic E-state index is -3.01. The number of aromatic amines is 1. The van der Waals surface area contributed by atoms with E-state index in [1.807, 2.05) is 0 Å². The molecule has 9 heteroatoms. The molecule has 0 radical (unpaired) electrons. The highest BCUT2D eigenvalue weighted by Crippen LogP contribution is 2.36. The molecule has 2 heterocycles. The van der Waals surface area contributed by atoms with Crippen LogP contribution in [0.5, 0.6) is 11.5 Å². The summed E-state index contributed by atoms with van der Waals surface area (Å²) < 4.78 is 68.8. The minimum absolute atomic E-state index is 0.0899. The number of benzene rings is 2. The minimum Gasteiger partial charge on any atom is -0.461 e. The van der Waals surface area contributed by atoms with Gasteiger partial charge in [0.25, 0.3) is 0 Å². The first-order chi connectivity index (χ1) is 14.5. The van der Waals surface area contributed by atoms with Crippen molar-refractivity contribution in [2.45, 2.75) is 32.2 Å². The lowest BCUT2D eigenvalue weighted by Crippen LogP contribution is -2.15. The third kappa shape index (κ3) is 4.40. The van der Waals surface area contributed by atoms with Crippen LogP contribution in [0.1, 0.15) is 24.0 Å². The van der Waals surface area contributed by atoms with Crippen LogP contribution < -0.4 is 9.47 Å². The number of aromatic nitrogens is 2. The molecule has 0 aliphatic carbocycles. The van der Waals surface area contributed by atoms with Crippen LogP contribution >= 0.6 is 0 Å². The second-order valence-corrected chi connectivity index (χ2v) is 6.76. The van der Waals surface area contributed by atoms with E-state index in [0.29, 0.717) is 29.8 Å². The Morgan fingerprint density at radius 3 is 2.77 bits per heavy atom. The smallest absolute Gasteiger partial charge is 0.387 e. The van der Waals surface area contributed by atoms with Crippen LogP contribution in [0.4, 0.5) is 17.6 Å². The molecule has 1 N–H and O–H groups in total. The first-order valence-electron chi connectivity index (χ1n) is 9.34. The maximum absolute atomic E-state index is 14.1. The summed E-state index contributed by atoms with van der Waals surface area (Å²) in [4.78, 5) is 0. The van der Waals surface area contributed by atoms with E-state index in [4.69, 9.17) is 9.47 Å². The summed E-state index contributed by atoms with van der Waals surface area (Å²) >= 11 is 0. The van der Waals surface area contributed by atoms with Gasteiger partial charge in [-0.25, -0.2) is 8.78 Å². The number of hydrogen-bond donors (Lipinski definition) is 1. The Morgan fingerprint density at radius 1 is 1.13 bits per heavy atom. The molecule has 1 unspecified atom stereocenters. The van der Waals surface area contributed by atoms with Crippen LogP contribution in [-0.4, -0.2) is 29.7 Å². The van der Waals surface area contributed by atoms with E-state index >= 15 is 0 Å². The van der Waals surface area contributed by atoms with Crippen molar-refractivity contribution in [2.24, 2.45) is 0 Å². The molecule has 2 aromatic carbocycles. The van der Waals surface area contributed by atoms with Gasteiger partial charge in [-0.1, -0.05) is 12.1 Å². The molecular formula is C21H18F4N2O3. The second kappa shape index (κ2) is 8.74. The van der Waals surface area contributed by atoms with Gasteiger partial charge in [-0.3, -0.25) is 5.10 Å². The molecule has 1 fully saturated rings. The van der Waals surface area contributed by atoms with Gasteiger partial charge in [0.1, 0.15) is 0 Å². The molecule has 0 amide bonds. The summed E-state index contributed by atoms with van der Waals surface area (Å²) in [6, 6.07) is 8.40. The second-order valence-electron chi connectivity index (χ2n) is 6.76. The Hall–Kier alpha value is -3.07. The van der Waals surface area contributed by atoms with Crippen molar-refractivity contribution in [3.63, 3.8) is 0 Å². The predicted octanol–water partition coefficient (Wildman–Crippen LogP) is 5.06. The highest BCUT2D eigenvalue weighted by Gasteiger charge is 2.22. The average Bonchev–Trinajstić information content (AvgIpc) is 3.38. The predicted molar refractivity (Wildman–Crippen MR) is 99.4 cm³/mol. The molecule has 4 rings (SSSR count). The lowest BCUT2D eigenvalue weighted by molar-refractivity contribution is -0.0632. The van der Waals surface area contributed by atoms with Gasteiger partial charge >= 0.3 is 6.61 Å². The van der Waals surface area contributed by atoms with Crippen molar-refractivity contribution in [1.29, 1.82) is 0 Å². The summed E-state index contributed by atoms with van der Waals surface area (Å²) in [5.41, 5.74) is 1.87. The number of halogens is 4. The van der Waals surface area contributed by atoms with Gasteiger partial charge < -0.3 is 14.2 Å². The highest BCUT2D eigenvalue weighted by molar-refractivity contribution is 5.67. The molecule has 30 heavy (non-hydrogen) atoms. The number of ether oxygens (including phenoxy) is 3. The first kappa shape index (κ1) is 20.2. The molecule has 0 saturated carbocycles. The SMILES string of the molecule is Fc1cccc(Cc2cn[nH]c2-c2ccc(OC(F)F)c(OC3CCCO3)c2)c1F. The summed E-state index contributed by atoms with van der Waals surface area (Å²) in [6.45, 7) is -2.49. The maximum atomic E-state index is 14.1. The van der Waals surface area contributed by atoms with E-state index in [-0.39, 0.29) is 23.5 Å². The largest absolute Gasteiger partial charge is 0.461 e. The quantitative estimate of drug-likeness (QED) is 0.541. The number of nitrogens with zero attached hydrogens (tertiary/aromatic N) is 1. The van der Waals surface area contributed by atoms with Crippen molar-refractivity contribution in [2.75, 3.05) is 6.61 Å². The van der Waals surface area contributed by atoms with Crippen LogP contribution in [0.2, 0.25) is 0 Å². The fourth-order valence-electron chi connectivity index (χ4n) is 3.32. The highest BCUT2D eigenvalue weighted by atomic mass is 19.3. The van der Waals surface area contributed by atoms with Gasteiger partial charge in [0.05, 0.1) is 18.5 Å². The third-order valence-electron chi connectivity index (χ3n) is 4.73. The van der Waals surface area contributed by atoms with E-state index < -0.39 is 24.5 Å². The summed E-state index contributed by atoms with van der Waals surface area (Å²) in [5.74, 6) is -1.88. The van der Waals surface area contributed by atoms with Crippen LogP contribution in [0, 0.1) is 11.6 Å². The maximum Gasteiger partial charge on any atom is 0.387 e. The van der Waals surface area contributed by atoms with Crippen LogP contribution in [0.25, 0.3) is 11.3 Å². The van der Waals surface area contributed by atoms with Gasteiger partial charge in [0.2, 0.25) is 0 Å². The number of H-pyrrole nitrogens is 1. The first-order valence-corrected chi connectivity index (χ1v) is 9.34. The Kier molecular flexibility index (Phi) is 5.89. The summed E-state index contributed by atoms with van der Waals surface area (Å²) in [7, 11) is 0. The zero-order valence-electron chi connectivity index (χ0n) is 15.7. The fourth-order valence-corrected chi connectivity index (χ4v) is 3.32. The van der Waals surface area contributed by atoms with Crippen LogP contribution in [0.15, 0.2) is 42.6 Å². The molecule has 1 aliphatic heterocycles. The van der Waals surface area contributed by atoms with Gasteiger partial charge in [-0.15, -0.1) is 0 Å². The zero-order valence-corrected chi connectivity index (χ0v) is 15.7. The van der Waals surface area contributed by atoms with E-state index in [1.54, 1.807) is 6.07 Å². The van der Waals surface area contributed by atoms with Crippen molar-refractivity contribution >= 4 is 0 Å². The third-order valence-corrected chi connectivity index (χ3v) is 4.73. The van der Waals surface area contributed by atoms with Crippen molar-refractivity contribution in [3.05, 3.63) is 65.4 Å². The Morgan fingerprint density at radius 2 is 2.00 bits per heavy atom. The molecular weight excluding hydrogens is 404 g/mol. The number of nitrogens with one attached hydrogen (secondary N) is 1. The molecule has 1 saturated heterocycles.